The Bertz CT molecular complexity index is 6450. The second-order valence-electron chi connectivity index (χ2n) is 37.0. The van der Waals surface area contributed by atoms with Crippen molar-refractivity contribution in [2.45, 2.75) is 157 Å². The molecule has 0 aliphatic rings. The molecular weight excluding hydrogens is 1350 g/mol. The molecule has 0 amide bonds. The van der Waals surface area contributed by atoms with Crippen LogP contribution in [0, 0.1) is 0 Å². The van der Waals surface area contributed by atoms with E-state index in [4.69, 9.17) is 0 Å². The predicted octanol–water partition coefficient (Wildman–Crippen LogP) is 30.8. The van der Waals surface area contributed by atoms with Crippen LogP contribution in [-0.2, 0) is 32.5 Å². The lowest BCUT2D eigenvalue weighted by atomic mass is 9.82. The molecule has 0 atom stereocenters. The van der Waals surface area contributed by atoms with Gasteiger partial charge in [-0.25, -0.2) is 0 Å². The first-order chi connectivity index (χ1) is 51.4. The highest BCUT2D eigenvalue weighted by Crippen LogP contribution is 2.57. The van der Waals surface area contributed by atoms with Crippen molar-refractivity contribution in [2.24, 2.45) is 0 Å². The van der Waals surface area contributed by atoms with E-state index in [9.17, 15) is 0 Å². The number of aromatic nitrogens is 2. The topological polar surface area (TPSA) is 15.3 Å². The van der Waals surface area contributed by atoms with E-state index in [1.165, 1.54) is 184 Å². The third-order valence-electron chi connectivity index (χ3n) is 23.7. The molecule has 534 valence electrons. The molecule has 0 saturated heterocycles. The molecule has 0 spiro atoms. The Kier molecular flexibility index (Phi) is 14.8. The van der Waals surface area contributed by atoms with Crippen molar-refractivity contribution in [2.75, 3.05) is 9.80 Å². The van der Waals surface area contributed by atoms with E-state index in [1.807, 2.05) is 22.7 Å². The number of rotatable bonds is 8. The molecule has 0 saturated carbocycles. The van der Waals surface area contributed by atoms with Crippen LogP contribution in [0.4, 0.5) is 34.1 Å². The average molecular weight is 1440 g/mol. The van der Waals surface area contributed by atoms with Gasteiger partial charge in [0.25, 0.3) is 0 Å². The fourth-order valence-electron chi connectivity index (χ4n) is 17.7. The van der Waals surface area contributed by atoms with Gasteiger partial charge in [-0.2, -0.15) is 0 Å². The molecule has 108 heavy (non-hydrogen) atoms. The average Bonchev–Trinajstić information content (AvgIpc) is 1.49. The van der Waals surface area contributed by atoms with Crippen LogP contribution in [0.1, 0.15) is 158 Å². The molecule has 19 aromatic rings. The fourth-order valence-corrected chi connectivity index (χ4v) is 20.0. The van der Waals surface area contributed by atoms with Crippen LogP contribution < -0.4 is 9.80 Å². The summed E-state index contributed by atoms with van der Waals surface area (Å²) in [5, 5.41) is 15.3. The van der Waals surface area contributed by atoms with Crippen molar-refractivity contribution < 1.29 is 0 Å². The van der Waals surface area contributed by atoms with Crippen molar-refractivity contribution >= 4 is 173 Å². The highest BCUT2D eigenvalue weighted by Gasteiger charge is 2.35. The van der Waals surface area contributed by atoms with Crippen molar-refractivity contribution in [1.82, 2.24) is 8.80 Å². The zero-order valence-electron chi connectivity index (χ0n) is 65.7. The van der Waals surface area contributed by atoms with Gasteiger partial charge in [0, 0.05) is 117 Å². The number of fused-ring (bicyclic) bond motifs is 18. The standard InChI is InChI=1S/C102H94N4S2/c1-97(2,3)61-37-47-69(48-38-61)103(81-27-23-31-85-89(81)71-25-19-21-29-83(71)107-85)67-43-33-59(34-44-67)87-91-77-57-65(101(13,14)15)55-75-74-54-64(100(10,11)12)42-52-80(74)106(93(75)77)96(91)88(92-78-58-66(102(16,17)18)56-76-73-53-63(99(7,8)9)41-51-79(73)105(94(76)78)95(87)92)60-35-45-68(46-36-60)104(70-49-39-62(40-50-70)98(4,5)6)82-28-24-32-86-90(82)72-26-20-22-30-84(72)108-86/h19-58H,1-18H3. The lowest BCUT2D eigenvalue weighted by Gasteiger charge is -2.28. The molecule has 0 N–H and O–H groups in total. The zero-order chi connectivity index (χ0) is 74.9. The van der Waals surface area contributed by atoms with Crippen LogP contribution in [0.25, 0.3) is 139 Å². The van der Waals surface area contributed by atoms with Gasteiger partial charge in [-0.3, -0.25) is 0 Å². The SMILES string of the molecule is CC(C)(C)c1ccc(N(c2ccc(-c3c4c5cc(C(C)(C)C)cc6c7cc(C(C)(C)C)ccc7n(c4c(-c4ccc(N(c7ccc(C(C)(C)C)cc7)c7cccc8sc9ccccc9c78)cc4)c4c7cc(C(C)(C)C)cc8c9cc(C(C)(C)C)ccc9n(c34)c87)c65)cc2)c2cccc3sc4ccccc4c23)cc1. The second kappa shape index (κ2) is 23.5. The molecule has 19 rings (SSSR count). The third-order valence-corrected chi connectivity index (χ3v) is 25.9. The summed E-state index contributed by atoms with van der Waals surface area (Å²) in [6.07, 6.45) is 0. The van der Waals surface area contributed by atoms with E-state index >= 15 is 0 Å². The summed E-state index contributed by atoms with van der Waals surface area (Å²) >= 11 is 3.75. The summed E-state index contributed by atoms with van der Waals surface area (Å²) in [6, 6.07) is 95.0. The molecule has 0 aliphatic carbocycles. The summed E-state index contributed by atoms with van der Waals surface area (Å²) in [5.74, 6) is 0. The van der Waals surface area contributed by atoms with Gasteiger partial charge in [0.2, 0.25) is 0 Å². The minimum atomic E-state index is -0.183. The maximum Gasteiger partial charge on any atom is 0.0634 e. The van der Waals surface area contributed by atoms with Gasteiger partial charge in [0.1, 0.15) is 0 Å². The molecule has 6 aromatic heterocycles. The Hall–Kier alpha value is -10.5. The quantitative estimate of drug-likeness (QED) is 0.151. The van der Waals surface area contributed by atoms with Gasteiger partial charge >= 0.3 is 0 Å². The molecule has 13 aromatic carbocycles. The molecule has 0 radical (unpaired) electrons. The molecule has 0 bridgehead atoms. The molecule has 0 fully saturated rings. The maximum absolute atomic E-state index is 2.72. The Morgan fingerprint density at radius 3 is 0.870 bits per heavy atom. The van der Waals surface area contributed by atoms with Crippen LogP contribution in [0.2, 0.25) is 0 Å². The van der Waals surface area contributed by atoms with E-state index in [0.717, 1.165) is 22.7 Å². The Balaban J connectivity index is 0.970. The molecule has 6 heterocycles. The Morgan fingerprint density at radius 2 is 0.528 bits per heavy atom. The monoisotopic (exact) mass is 1440 g/mol. The highest BCUT2D eigenvalue weighted by atomic mass is 32.1. The van der Waals surface area contributed by atoms with E-state index in [2.05, 4.69) is 386 Å². The first-order valence-corrected chi connectivity index (χ1v) is 40.3. The van der Waals surface area contributed by atoms with Crippen molar-refractivity contribution in [3.05, 3.63) is 276 Å². The van der Waals surface area contributed by atoms with Crippen molar-refractivity contribution in [1.29, 1.82) is 0 Å². The summed E-state index contributed by atoms with van der Waals surface area (Å²) in [7, 11) is 0. The molecule has 4 nitrogen and oxygen atoms in total. The minimum absolute atomic E-state index is 0.00946. The normalized spacial score (nSPS) is 13.3. The van der Waals surface area contributed by atoms with Crippen LogP contribution >= 0.6 is 22.7 Å². The van der Waals surface area contributed by atoms with Crippen molar-refractivity contribution in [3.8, 4) is 22.3 Å². The predicted molar refractivity (Wildman–Crippen MR) is 474 cm³/mol. The van der Waals surface area contributed by atoms with Gasteiger partial charge < -0.3 is 18.6 Å². The van der Waals surface area contributed by atoms with Gasteiger partial charge in [-0.05, 0) is 210 Å². The minimum Gasteiger partial charge on any atom is -0.310 e. The zero-order valence-corrected chi connectivity index (χ0v) is 67.3. The third kappa shape index (κ3) is 10.5. The Morgan fingerprint density at radius 1 is 0.231 bits per heavy atom. The molecular formula is C102H94N4S2. The van der Waals surface area contributed by atoms with E-state index in [1.54, 1.807) is 0 Å². The van der Waals surface area contributed by atoms with Crippen molar-refractivity contribution in [3.63, 3.8) is 0 Å². The number of anilines is 6. The van der Waals surface area contributed by atoms with Crippen LogP contribution in [0.15, 0.2) is 243 Å². The second-order valence-corrected chi connectivity index (χ2v) is 39.2. The summed E-state index contributed by atoms with van der Waals surface area (Å²) in [5.41, 5.74) is 26.4. The van der Waals surface area contributed by atoms with Crippen LogP contribution in [-0.4, -0.2) is 8.80 Å². The first-order valence-electron chi connectivity index (χ1n) is 38.7. The summed E-state index contributed by atoms with van der Waals surface area (Å²) in [4.78, 5) is 5.04. The number of nitrogens with zero attached hydrogens (tertiary/aromatic N) is 4. The van der Waals surface area contributed by atoms with E-state index < -0.39 is 0 Å². The van der Waals surface area contributed by atoms with Gasteiger partial charge in [0.15, 0.2) is 0 Å². The highest BCUT2D eigenvalue weighted by molar-refractivity contribution is 7.26. The lowest BCUT2D eigenvalue weighted by Crippen LogP contribution is -2.13. The summed E-state index contributed by atoms with van der Waals surface area (Å²) < 4.78 is 10.6. The number of hydrogen-bond donors (Lipinski definition) is 0. The van der Waals surface area contributed by atoms with Gasteiger partial charge in [-0.1, -0.05) is 234 Å². The number of hydrogen-bond acceptors (Lipinski definition) is 4. The number of thiophene rings is 2. The van der Waals surface area contributed by atoms with E-state index in [0.29, 0.717) is 0 Å². The van der Waals surface area contributed by atoms with E-state index in [-0.39, 0.29) is 32.5 Å². The number of benzene rings is 13. The fraction of sp³-hybridized carbons (Fsp3) is 0.235. The first kappa shape index (κ1) is 68.1. The molecule has 6 heteroatoms. The van der Waals surface area contributed by atoms with Crippen LogP contribution in [0.3, 0.4) is 0 Å². The largest absolute Gasteiger partial charge is 0.310 e. The summed E-state index contributed by atoms with van der Waals surface area (Å²) in [6.45, 7) is 42.4. The molecule has 0 unspecified atom stereocenters. The maximum atomic E-state index is 2.72. The lowest BCUT2D eigenvalue weighted by molar-refractivity contribution is 0.590. The van der Waals surface area contributed by atoms with Crippen LogP contribution in [0.5, 0.6) is 0 Å². The molecule has 0 aliphatic heterocycles. The smallest absolute Gasteiger partial charge is 0.0634 e. The Labute approximate surface area is 642 Å². The van der Waals surface area contributed by atoms with Gasteiger partial charge in [-0.15, -0.1) is 22.7 Å². The van der Waals surface area contributed by atoms with Gasteiger partial charge in [0.05, 0.1) is 44.5 Å².